The van der Waals surface area contributed by atoms with Gasteiger partial charge in [-0.05, 0) is 25.0 Å². The van der Waals surface area contributed by atoms with Crippen molar-refractivity contribution in [1.82, 2.24) is 10.8 Å². The highest BCUT2D eigenvalue weighted by molar-refractivity contribution is 5.26. The lowest BCUT2D eigenvalue weighted by atomic mass is 9.92. The van der Waals surface area contributed by atoms with Gasteiger partial charge in [-0.1, -0.05) is 12.2 Å². The van der Waals surface area contributed by atoms with Gasteiger partial charge in [-0.25, -0.2) is 0 Å². The van der Waals surface area contributed by atoms with Crippen molar-refractivity contribution in [1.29, 1.82) is 0 Å². The molecule has 2 heterocycles. The van der Waals surface area contributed by atoms with E-state index in [1.165, 1.54) is 5.70 Å². The summed E-state index contributed by atoms with van der Waals surface area (Å²) < 4.78 is 0. The first-order valence-corrected chi connectivity index (χ1v) is 5.11. The second-order valence-corrected chi connectivity index (χ2v) is 4.19. The Morgan fingerprint density at radius 2 is 2.43 bits per heavy atom. The molecule has 1 saturated heterocycles. The number of hydroxylamine groups is 1. The summed E-state index contributed by atoms with van der Waals surface area (Å²) in [5.74, 6) is 0.641. The lowest BCUT2D eigenvalue weighted by molar-refractivity contribution is 0.0196. The number of hydrogen-bond acceptors (Lipinski definition) is 3. The maximum Gasteiger partial charge on any atom is 0.126 e. The Balaban J connectivity index is 1.84. The van der Waals surface area contributed by atoms with Crippen molar-refractivity contribution < 1.29 is 4.84 Å². The summed E-state index contributed by atoms with van der Waals surface area (Å²) in [6.45, 7) is 0. The lowest BCUT2D eigenvalue weighted by Crippen LogP contribution is -2.52. The molecule has 3 rings (SSSR count). The van der Waals surface area contributed by atoms with Crippen LogP contribution >= 0.6 is 0 Å². The maximum absolute atomic E-state index is 5.17. The van der Waals surface area contributed by atoms with Gasteiger partial charge in [0.05, 0.1) is 0 Å². The molecule has 2 unspecified atom stereocenters. The Morgan fingerprint density at radius 3 is 3.21 bits per heavy atom. The van der Waals surface area contributed by atoms with Crippen LogP contribution in [0.1, 0.15) is 19.3 Å². The Morgan fingerprint density at radius 1 is 1.43 bits per heavy atom. The Hall–Kier alpha value is -1.22. The molecule has 1 fully saturated rings. The normalized spacial score (nSPS) is 38.9. The van der Waals surface area contributed by atoms with E-state index in [2.05, 4.69) is 35.1 Å². The van der Waals surface area contributed by atoms with Crippen LogP contribution in [0, 0.1) is 5.92 Å². The molecule has 0 aromatic carbocycles. The zero-order valence-electron chi connectivity index (χ0n) is 7.99. The lowest BCUT2D eigenvalue weighted by Gasteiger charge is -2.31. The van der Waals surface area contributed by atoms with Crippen molar-refractivity contribution in [2.75, 3.05) is 0 Å². The third-order valence-electron chi connectivity index (χ3n) is 3.14. The van der Waals surface area contributed by atoms with E-state index in [1.54, 1.807) is 6.26 Å². The van der Waals surface area contributed by atoms with Crippen molar-refractivity contribution >= 4 is 0 Å². The van der Waals surface area contributed by atoms with E-state index in [-0.39, 0.29) is 5.66 Å². The predicted molar refractivity (Wildman–Crippen MR) is 53.8 cm³/mol. The average molecular weight is 190 g/mol. The summed E-state index contributed by atoms with van der Waals surface area (Å²) in [6.07, 6.45) is 13.5. The average Bonchev–Trinajstić information content (AvgIpc) is 2.56. The fourth-order valence-electron chi connectivity index (χ4n) is 2.45. The van der Waals surface area contributed by atoms with Gasteiger partial charge in [0.25, 0.3) is 0 Å². The number of fused-ring (bicyclic) bond motifs is 1. The monoisotopic (exact) mass is 190 g/mol. The molecule has 1 spiro atoms. The minimum atomic E-state index is -0.0583. The number of allylic oxidation sites excluding steroid dienone is 4. The molecule has 0 bridgehead atoms. The largest absolute Gasteiger partial charge is 0.415 e. The van der Waals surface area contributed by atoms with E-state index in [4.69, 9.17) is 4.84 Å². The van der Waals surface area contributed by atoms with Gasteiger partial charge in [0, 0.05) is 18.0 Å². The molecule has 2 aliphatic heterocycles. The molecule has 1 aliphatic carbocycles. The van der Waals surface area contributed by atoms with Crippen LogP contribution in [0.25, 0.3) is 0 Å². The van der Waals surface area contributed by atoms with E-state index >= 15 is 0 Å². The van der Waals surface area contributed by atoms with Crippen LogP contribution < -0.4 is 10.8 Å². The summed E-state index contributed by atoms with van der Waals surface area (Å²) in [5.41, 5.74) is 4.37. The molecule has 0 aromatic heterocycles. The Kier molecular flexibility index (Phi) is 1.67. The van der Waals surface area contributed by atoms with E-state index in [0.29, 0.717) is 5.92 Å². The predicted octanol–water partition coefficient (Wildman–Crippen LogP) is 1.57. The van der Waals surface area contributed by atoms with Gasteiger partial charge < -0.3 is 10.2 Å². The quantitative estimate of drug-likeness (QED) is 0.608. The van der Waals surface area contributed by atoms with Gasteiger partial charge >= 0.3 is 0 Å². The number of nitrogens with one attached hydrogen (secondary N) is 2. The molecule has 0 aromatic rings. The Bertz CT molecular complexity index is 332. The molecule has 3 aliphatic rings. The molecule has 0 radical (unpaired) electrons. The second-order valence-electron chi connectivity index (χ2n) is 4.19. The molecular weight excluding hydrogens is 176 g/mol. The van der Waals surface area contributed by atoms with E-state index in [1.807, 2.05) is 0 Å². The van der Waals surface area contributed by atoms with Crippen LogP contribution in [0.4, 0.5) is 0 Å². The molecule has 74 valence electrons. The summed E-state index contributed by atoms with van der Waals surface area (Å²) >= 11 is 0. The molecular formula is C11H14N2O. The van der Waals surface area contributed by atoms with Crippen molar-refractivity contribution in [3.05, 3.63) is 36.3 Å². The highest BCUT2D eigenvalue weighted by Gasteiger charge is 2.42. The van der Waals surface area contributed by atoms with Gasteiger partial charge in [-0.3, -0.25) is 0 Å². The zero-order valence-corrected chi connectivity index (χ0v) is 7.99. The fraction of sp³-hybridized carbons (Fsp3) is 0.455. The fourth-order valence-corrected chi connectivity index (χ4v) is 2.45. The zero-order chi connectivity index (χ0) is 9.43. The van der Waals surface area contributed by atoms with Crippen LogP contribution in [0.5, 0.6) is 0 Å². The first-order valence-electron chi connectivity index (χ1n) is 5.11. The van der Waals surface area contributed by atoms with Gasteiger partial charge in [0.15, 0.2) is 0 Å². The maximum atomic E-state index is 5.17. The van der Waals surface area contributed by atoms with Gasteiger partial charge in [0.2, 0.25) is 0 Å². The van der Waals surface area contributed by atoms with Crippen molar-refractivity contribution in [2.45, 2.75) is 24.9 Å². The van der Waals surface area contributed by atoms with Crippen molar-refractivity contribution in [3.8, 4) is 0 Å². The van der Waals surface area contributed by atoms with Crippen LogP contribution in [-0.2, 0) is 4.84 Å². The van der Waals surface area contributed by atoms with Crippen molar-refractivity contribution in [2.24, 2.45) is 5.92 Å². The molecule has 3 heteroatoms. The number of rotatable bonds is 0. The molecule has 2 atom stereocenters. The smallest absolute Gasteiger partial charge is 0.126 e. The molecule has 0 saturated carbocycles. The topological polar surface area (TPSA) is 33.3 Å². The highest BCUT2D eigenvalue weighted by atomic mass is 16.6. The second kappa shape index (κ2) is 2.89. The molecule has 3 nitrogen and oxygen atoms in total. The molecule has 0 amide bonds. The molecule has 14 heavy (non-hydrogen) atoms. The summed E-state index contributed by atoms with van der Waals surface area (Å²) in [5, 5.41) is 3.53. The Labute approximate surface area is 83.5 Å². The van der Waals surface area contributed by atoms with E-state index < -0.39 is 0 Å². The third-order valence-corrected chi connectivity index (χ3v) is 3.14. The van der Waals surface area contributed by atoms with Crippen LogP contribution in [0.2, 0.25) is 0 Å². The van der Waals surface area contributed by atoms with Crippen molar-refractivity contribution in [3.63, 3.8) is 0 Å². The summed E-state index contributed by atoms with van der Waals surface area (Å²) in [4.78, 5) is 5.17. The third kappa shape index (κ3) is 1.16. The van der Waals surface area contributed by atoms with Crippen LogP contribution in [0.15, 0.2) is 36.3 Å². The summed E-state index contributed by atoms with van der Waals surface area (Å²) in [6, 6.07) is 0. The standard InChI is InChI=1S/C11H14N2O/c1-2-5-10-9(4-1)8-11(12-10)6-3-7-14-13-11/h1-3,5,7,9,12-13H,4,6,8H2. The first-order chi connectivity index (χ1) is 6.88. The SMILES string of the molecule is C1=CCC2CC3(CC=CON3)NC2=C1. The van der Waals surface area contributed by atoms with Crippen LogP contribution in [-0.4, -0.2) is 5.66 Å². The van der Waals surface area contributed by atoms with Gasteiger partial charge in [0.1, 0.15) is 11.9 Å². The van der Waals surface area contributed by atoms with Crippen LogP contribution in [0.3, 0.4) is 0 Å². The molecule has 2 N–H and O–H groups in total. The minimum Gasteiger partial charge on any atom is -0.415 e. The highest BCUT2D eigenvalue weighted by Crippen LogP contribution is 2.37. The van der Waals surface area contributed by atoms with Gasteiger partial charge in [-0.15, -0.1) is 5.48 Å². The van der Waals surface area contributed by atoms with Gasteiger partial charge in [-0.2, -0.15) is 0 Å². The minimum absolute atomic E-state index is 0.0583. The summed E-state index contributed by atoms with van der Waals surface area (Å²) in [7, 11) is 0. The first kappa shape index (κ1) is 8.12. The van der Waals surface area contributed by atoms with E-state index in [9.17, 15) is 0 Å². The van der Waals surface area contributed by atoms with E-state index in [0.717, 1.165) is 19.3 Å². The number of hydrogen-bond donors (Lipinski definition) is 2.